The first-order chi connectivity index (χ1) is 13.3. The second kappa shape index (κ2) is 7.65. The van der Waals surface area contributed by atoms with Gasteiger partial charge in [0.2, 0.25) is 0 Å². The van der Waals surface area contributed by atoms with E-state index in [0.717, 1.165) is 18.6 Å². The highest BCUT2D eigenvalue weighted by molar-refractivity contribution is 5.77. The zero-order valence-corrected chi connectivity index (χ0v) is 15.6. The van der Waals surface area contributed by atoms with Gasteiger partial charge in [0.15, 0.2) is 11.2 Å². The smallest absolute Gasteiger partial charge is 0.318 e. The van der Waals surface area contributed by atoms with Gasteiger partial charge in [0.1, 0.15) is 5.82 Å². The maximum Gasteiger partial charge on any atom is 0.416 e. The van der Waals surface area contributed by atoms with E-state index in [1.165, 1.54) is 16.7 Å². The van der Waals surface area contributed by atoms with Gasteiger partial charge in [-0.3, -0.25) is 14.3 Å². The number of rotatable bonds is 6. The van der Waals surface area contributed by atoms with Gasteiger partial charge in [-0.1, -0.05) is 32.4 Å². The highest BCUT2D eigenvalue weighted by atomic mass is 19.4. The van der Waals surface area contributed by atoms with E-state index < -0.39 is 23.0 Å². The van der Waals surface area contributed by atoms with Gasteiger partial charge in [-0.2, -0.15) is 13.2 Å². The molecule has 1 aromatic carbocycles. The number of nitrogens with one attached hydrogen (secondary N) is 1. The average molecular weight is 394 g/mol. The van der Waals surface area contributed by atoms with Crippen molar-refractivity contribution in [3.8, 4) is 11.4 Å². The van der Waals surface area contributed by atoms with Crippen LogP contribution in [0.3, 0.4) is 0 Å². The number of fused-ring (bicyclic) bond motifs is 1. The molecule has 0 aliphatic heterocycles. The standard InChI is InChI=1S/C19H21F3N4O2/c1-3-5-10-25-14-16(26(9-4-2)18(28)24-17(14)27)23-15(25)12-7-6-8-13(11-12)19(20,21)22/h6-8,11H,3-5,9-10H2,1-2H3,(H,24,27,28). The molecule has 0 saturated heterocycles. The fourth-order valence-electron chi connectivity index (χ4n) is 3.19. The second-order valence-corrected chi connectivity index (χ2v) is 6.60. The minimum Gasteiger partial charge on any atom is -0.318 e. The molecule has 3 aromatic rings. The van der Waals surface area contributed by atoms with E-state index in [0.29, 0.717) is 25.9 Å². The molecule has 2 aromatic heterocycles. The average Bonchev–Trinajstić information content (AvgIpc) is 3.02. The second-order valence-electron chi connectivity index (χ2n) is 6.60. The lowest BCUT2D eigenvalue weighted by Gasteiger charge is -2.11. The molecule has 0 unspecified atom stereocenters. The number of aryl methyl sites for hydroxylation is 2. The Hall–Kier alpha value is -2.84. The SMILES string of the molecule is CCCCn1c(-c2cccc(C(F)(F)F)c2)nc2c1c(=O)[nH]c(=O)n2CCC. The molecular weight excluding hydrogens is 373 g/mol. The van der Waals surface area contributed by atoms with E-state index >= 15 is 0 Å². The topological polar surface area (TPSA) is 72.7 Å². The van der Waals surface area contributed by atoms with Crippen molar-refractivity contribution in [1.29, 1.82) is 0 Å². The Morgan fingerprint density at radius 3 is 2.46 bits per heavy atom. The Kier molecular flexibility index (Phi) is 5.44. The molecule has 0 bridgehead atoms. The van der Waals surface area contributed by atoms with Crippen LogP contribution < -0.4 is 11.2 Å². The van der Waals surface area contributed by atoms with Crippen molar-refractivity contribution in [2.24, 2.45) is 0 Å². The number of unbranched alkanes of at least 4 members (excludes halogenated alkanes) is 1. The van der Waals surface area contributed by atoms with E-state index in [1.54, 1.807) is 4.57 Å². The predicted molar refractivity (Wildman–Crippen MR) is 100 cm³/mol. The summed E-state index contributed by atoms with van der Waals surface area (Å²) >= 11 is 0. The van der Waals surface area contributed by atoms with Crippen LogP contribution in [-0.2, 0) is 19.3 Å². The molecule has 28 heavy (non-hydrogen) atoms. The number of hydrogen-bond donors (Lipinski definition) is 1. The summed E-state index contributed by atoms with van der Waals surface area (Å²) in [4.78, 5) is 31.4. The highest BCUT2D eigenvalue weighted by Crippen LogP contribution is 2.32. The Bertz CT molecular complexity index is 1110. The summed E-state index contributed by atoms with van der Waals surface area (Å²) in [5, 5.41) is 0. The van der Waals surface area contributed by atoms with Crippen molar-refractivity contribution in [3.05, 3.63) is 50.7 Å². The van der Waals surface area contributed by atoms with Gasteiger partial charge < -0.3 is 4.57 Å². The Morgan fingerprint density at radius 1 is 1.07 bits per heavy atom. The minimum absolute atomic E-state index is 0.194. The van der Waals surface area contributed by atoms with E-state index in [9.17, 15) is 22.8 Å². The summed E-state index contributed by atoms with van der Waals surface area (Å²) in [6.45, 7) is 4.61. The first-order valence-electron chi connectivity index (χ1n) is 9.18. The van der Waals surface area contributed by atoms with Gasteiger partial charge in [0.05, 0.1) is 5.56 Å². The summed E-state index contributed by atoms with van der Waals surface area (Å²) in [6.07, 6.45) is -2.31. The maximum absolute atomic E-state index is 13.1. The molecule has 3 rings (SSSR count). The third-order valence-electron chi connectivity index (χ3n) is 4.52. The lowest BCUT2D eigenvalue weighted by Crippen LogP contribution is -2.31. The van der Waals surface area contributed by atoms with E-state index in [1.807, 2.05) is 13.8 Å². The third kappa shape index (κ3) is 3.61. The van der Waals surface area contributed by atoms with Crippen LogP contribution in [0.1, 0.15) is 38.7 Å². The summed E-state index contributed by atoms with van der Waals surface area (Å²) in [5.74, 6) is 0.246. The molecule has 0 atom stereocenters. The van der Waals surface area contributed by atoms with Crippen molar-refractivity contribution in [3.63, 3.8) is 0 Å². The molecule has 9 heteroatoms. The minimum atomic E-state index is -4.49. The van der Waals surface area contributed by atoms with Gasteiger partial charge in [0.25, 0.3) is 5.56 Å². The quantitative estimate of drug-likeness (QED) is 0.692. The van der Waals surface area contributed by atoms with Crippen molar-refractivity contribution < 1.29 is 13.2 Å². The number of imidazole rings is 1. The van der Waals surface area contributed by atoms with Crippen LogP contribution in [0.25, 0.3) is 22.6 Å². The summed E-state index contributed by atoms with van der Waals surface area (Å²) in [5.41, 5.74) is -1.31. The molecular formula is C19H21F3N4O2. The summed E-state index contributed by atoms with van der Waals surface area (Å²) < 4.78 is 42.4. The Morgan fingerprint density at radius 2 is 1.82 bits per heavy atom. The summed E-state index contributed by atoms with van der Waals surface area (Å²) in [7, 11) is 0. The zero-order valence-electron chi connectivity index (χ0n) is 15.6. The van der Waals surface area contributed by atoms with Crippen LogP contribution in [0.4, 0.5) is 13.2 Å². The van der Waals surface area contributed by atoms with Gasteiger partial charge in [-0.15, -0.1) is 0 Å². The van der Waals surface area contributed by atoms with E-state index in [4.69, 9.17) is 0 Å². The molecule has 1 N–H and O–H groups in total. The Balaban J connectivity index is 2.33. The lowest BCUT2D eigenvalue weighted by atomic mass is 10.1. The number of H-pyrrole nitrogens is 1. The van der Waals surface area contributed by atoms with Crippen LogP contribution in [0.5, 0.6) is 0 Å². The van der Waals surface area contributed by atoms with Gasteiger partial charge >= 0.3 is 11.9 Å². The van der Waals surface area contributed by atoms with Gasteiger partial charge in [-0.25, -0.2) is 9.78 Å². The number of alkyl halides is 3. The molecule has 2 heterocycles. The van der Waals surface area contributed by atoms with Gasteiger partial charge in [-0.05, 0) is 25.0 Å². The first-order valence-corrected chi connectivity index (χ1v) is 9.18. The molecule has 0 aliphatic rings. The van der Waals surface area contributed by atoms with Crippen LogP contribution in [0, 0.1) is 0 Å². The van der Waals surface area contributed by atoms with Crippen LogP contribution in [0.15, 0.2) is 33.9 Å². The molecule has 0 spiro atoms. The fraction of sp³-hybridized carbons (Fsp3) is 0.421. The number of aromatic nitrogens is 4. The number of halogens is 3. The molecule has 0 aliphatic carbocycles. The largest absolute Gasteiger partial charge is 0.416 e. The highest BCUT2D eigenvalue weighted by Gasteiger charge is 2.31. The van der Waals surface area contributed by atoms with Crippen molar-refractivity contribution in [1.82, 2.24) is 19.1 Å². The maximum atomic E-state index is 13.1. The summed E-state index contributed by atoms with van der Waals surface area (Å²) in [6, 6.07) is 4.84. The lowest BCUT2D eigenvalue weighted by molar-refractivity contribution is -0.137. The molecule has 0 fully saturated rings. The fourth-order valence-corrected chi connectivity index (χ4v) is 3.19. The predicted octanol–water partition coefficient (Wildman–Crippen LogP) is 3.78. The van der Waals surface area contributed by atoms with Gasteiger partial charge in [0, 0.05) is 18.7 Å². The number of aromatic amines is 1. The van der Waals surface area contributed by atoms with Crippen molar-refractivity contribution >= 4 is 11.2 Å². The van der Waals surface area contributed by atoms with Crippen LogP contribution >= 0.6 is 0 Å². The third-order valence-corrected chi connectivity index (χ3v) is 4.52. The number of benzene rings is 1. The van der Waals surface area contributed by atoms with E-state index in [2.05, 4.69) is 9.97 Å². The number of nitrogens with zero attached hydrogens (tertiary/aromatic N) is 3. The van der Waals surface area contributed by atoms with Crippen LogP contribution in [-0.4, -0.2) is 19.1 Å². The van der Waals surface area contributed by atoms with Crippen molar-refractivity contribution in [2.45, 2.75) is 52.4 Å². The molecule has 6 nitrogen and oxygen atoms in total. The van der Waals surface area contributed by atoms with Crippen LogP contribution in [0.2, 0.25) is 0 Å². The first kappa shape index (κ1) is 19.9. The molecule has 0 radical (unpaired) electrons. The Labute approximate surface area is 158 Å². The molecule has 0 saturated carbocycles. The monoisotopic (exact) mass is 394 g/mol. The normalized spacial score (nSPS) is 12.0. The molecule has 0 amide bonds. The van der Waals surface area contributed by atoms with Crippen molar-refractivity contribution in [2.75, 3.05) is 0 Å². The zero-order chi connectivity index (χ0) is 20.5. The number of hydrogen-bond acceptors (Lipinski definition) is 3. The molecule has 150 valence electrons. The van der Waals surface area contributed by atoms with E-state index in [-0.39, 0.29) is 22.6 Å².